The molecule has 154 valence electrons. The number of pyridine rings is 2. The van der Waals surface area contributed by atoms with Gasteiger partial charge >= 0.3 is 6.18 Å². The maximum atomic E-state index is 12.9. The fourth-order valence-corrected chi connectivity index (χ4v) is 4.95. The summed E-state index contributed by atoms with van der Waals surface area (Å²) >= 11 is 0. The maximum absolute atomic E-state index is 12.9. The molecule has 4 heterocycles. The summed E-state index contributed by atoms with van der Waals surface area (Å²) < 4.78 is 51.8. The molecule has 3 aliphatic rings. The smallest absolute Gasteiger partial charge is 0.417 e. The fourth-order valence-electron chi connectivity index (χ4n) is 4.95. The lowest BCUT2D eigenvalue weighted by atomic mass is 9.79. The van der Waals surface area contributed by atoms with Crippen LogP contribution in [0.15, 0.2) is 24.5 Å². The number of ether oxygens (including phenoxy) is 2. The Hall–Kier alpha value is -2.19. The molecule has 8 heteroatoms. The van der Waals surface area contributed by atoms with Crippen molar-refractivity contribution in [1.82, 2.24) is 4.98 Å². The van der Waals surface area contributed by atoms with Gasteiger partial charge in [0.15, 0.2) is 11.9 Å². The number of alkyl halides is 3. The molecule has 1 unspecified atom stereocenters. The van der Waals surface area contributed by atoms with Crippen molar-refractivity contribution in [3.8, 4) is 0 Å². The third kappa shape index (κ3) is 3.00. The molecule has 1 atom stereocenters. The summed E-state index contributed by atoms with van der Waals surface area (Å²) in [5, 5.41) is 12.7. The molecule has 5 nitrogen and oxygen atoms in total. The number of fused-ring (bicyclic) bond motifs is 4. The molecule has 0 saturated carbocycles. The van der Waals surface area contributed by atoms with Gasteiger partial charge < -0.3 is 14.7 Å². The third-order valence-electron chi connectivity index (χ3n) is 6.32. The molecule has 1 aliphatic carbocycles. The molecule has 1 saturated heterocycles. The topological polar surface area (TPSA) is 58.3 Å². The minimum Gasteiger partial charge on any atom is -0.618 e. The molecule has 0 N–H and O–H groups in total. The summed E-state index contributed by atoms with van der Waals surface area (Å²) in [6.07, 6.45) is 2.15. The molecule has 2 aromatic rings. The van der Waals surface area contributed by atoms with Crippen molar-refractivity contribution in [2.75, 3.05) is 13.2 Å². The molecule has 5 rings (SSSR count). The van der Waals surface area contributed by atoms with E-state index >= 15 is 0 Å². The van der Waals surface area contributed by atoms with E-state index in [-0.39, 0.29) is 0 Å². The van der Waals surface area contributed by atoms with Crippen molar-refractivity contribution in [2.45, 2.75) is 56.4 Å². The summed E-state index contributed by atoms with van der Waals surface area (Å²) in [4.78, 5) is 4.06. The van der Waals surface area contributed by atoms with Crippen LogP contribution in [0.2, 0.25) is 0 Å². The van der Waals surface area contributed by atoms with Crippen LogP contribution in [0.25, 0.3) is 0 Å². The highest BCUT2D eigenvalue weighted by Gasteiger charge is 2.51. The average molecular weight is 406 g/mol. The number of halogens is 3. The Morgan fingerprint density at radius 1 is 1.14 bits per heavy atom. The Morgan fingerprint density at radius 2 is 1.90 bits per heavy atom. The van der Waals surface area contributed by atoms with Crippen LogP contribution >= 0.6 is 0 Å². The first-order valence-electron chi connectivity index (χ1n) is 9.96. The largest absolute Gasteiger partial charge is 0.618 e. The predicted molar refractivity (Wildman–Crippen MR) is 95.9 cm³/mol. The molecule has 2 aliphatic heterocycles. The summed E-state index contributed by atoms with van der Waals surface area (Å²) in [6, 6.07) is 2.37. The fraction of sp³-hybridized carbons (Fsp3) is 0.524. The lowest BCUT2D eigenvalue weighted by Crippen LogP contribution is -2.39. The second-order valence-electron chi connectivity index (χ2n) is 7.99. The van der Waals surface area contributed by atoms with Crippen molar-refractivity contribution in [3.63, 3.8) is 0 Å². The zero-order chi connectivity index (χ0) is 20.2. The SMILES string of the molecule is [O-][n+]1cc2c(c3c1CCCC3)C1(CCOCC1)OC2c1ccc(C(F)(F)F)cn1. The normalized spacial score (nSPS) is 23.1. The van der Waals surface area contributed by atoms with Crippen molar-refractivity contribution in [1.29, 1.82) is 0 Å². The van der Waals surface area contributed by atoms with Crippen molar-refractivity contribution in [3.05, 3.63) is 63.4 Å². The van der Waals surface area contributed by atoms with E-state index in [1.54, 1.807) is 6.20 Å². The lowest BCUT2D eigenvalue weighted by Gasteiger charge is -2.35. The second kappa shape index (κ2) is 6.67. The third-order valence-corrected chi connectivity index (χ3v) is 6.32. The van der Waals surface area contributed by atoms with Crippen LogP contribution in [-0.4, -0.2) is 18.2 Å². The van der Waals surface area contributed by atoms with Crippen LogP contribution in [0, 0.1) is 5.21 Å². The number of hydrogen-bond donors (Lipinski definition) is 0. The Morgan fingerprint density at radius 3 is 2.59 bits per heavy atom. The van der Waals surface area contributed by atoms with Gasteiger partial charge in [-0.1, -0.05) is 0 Å². The van der Waals surface area contributed by atoms with Gasteiger partial charge in [-0.15, -0.1) is 0 Å². The highest BCUT2D eigenvalue weighted by molar-refractivity contribution is 5.47. The number of aromatic nitrogens is 2. The van der Waals surface area contributed by atoms with E-state index in [2.05, 4.69) is 4.98 Å². The molecular weight excluding hydrogens is 385 g/mol. The van der Waals surface area contributed by atoms with Crippen LogP contribution in [0.5, 0.6) is 0 Å². The lowest BCUT2D eigenvalue weighted by molar-refractivity contribution is -0.615. The molecule has 0 amide bonds. The van der Waals surface area contributed by atoms with Gasteiger partial charge in [0.2, 0.25) is 0 Å². The molecular formula is C21H21F3N2O3. The van der Waals surface area contributed by atoms with Gasteiger partial charge in [-0.2, -0.15) is 17.9 Å². The van der Waals surface area contributed by atoms with Crippen LogP contribution in [0.3, 0.4) is 0 Å². The van der Waals surface area contributed by atoms with Crippen molar-refractivity contribution in [2.24, 2.45) is 0 Å². The standard InChI is InChI=1S/C21H21F3N2O3/c22-21(23,24)13-5-6-16(25-11-13)19-15-12-26(27)17-4-2-1-3-14(17)18(15)20(29-19)7-9-28-10-8-20/h5-6,11-12,19H,1-4,7-10H2. The number of nitrogens with zero attached hydrogens (tertiary/aromatic N) is 2. The van der Waals surface area contributed by atoms with Gasteiger partial charge in [-0.25, -0.2) is 0 Å². The molecule has 1 fully saturated rings. The van der Waals surface area contributed by atoms with Gasteiger partial charge in [-0.05, 0) is 31.4 Å². The first-order valence-corrected chi connectivity index (χ1v) is 9.96. The molecule has 0 radical (unpaired) electrons. The van der Waals surface area contributed by atoms with Crippen LogP contribution < -0.4 is 4.73 Å². The van der Waals surface area contributed by atoms with E-state index in [0.29, 0.717) is 31.7 Å². The highest BCUT2D eigenvalue weighted by atomic mass is 19.4. The Kier molecular flexibility index (Phi) is 4.33. The van der Waals surface area contributed by atoms with Gasteiger partial charge in [0.1, 0.15) is 6.10 Å². The summed E-state index contributed by atoms with van der Waals surface area (Å²) in [6.45, 7) is 1.10. The predicted octanol–water partition coefficient (Wildman–Crippen LogP) is 3.74. The van der Waals surface area contributed by atoms with Gasteiger partial charge in [0.25, 0.3) is 0 Å². The minimum absolute atomic E-state index is 0.387. The van der Waals surface area contributed by atoms with Crippen molar-refractivity contribution < 1.29 is 27.4 Å². The number of hydrogen-bond acceptors (Lipinski definition) is 4. The van der Waals surface area contributed by atoms with Crippen LogP contribution in [0.1, 0.15) is 65.4 Å². The minimum atomic E-state index is -4.45. The van der Waals surface area contributed by atoms with Gasteiger partial charge in [0, 0.05) is 49.8 Å². The van der Waals surface area contributed by atoms with E-state index in [9.17, 15) is 18.4 Å². The molecule has 29 heavy (non-hydrogen) atoms. The first-order chi connectivity index (χ1) is 13.9. The highest BCUT2D eigenvalue weighted by Crippen LogP contribution is 2.53. The monoisotopic (exact) mass is 406 g/mol. The molecule has 0 aromatic carbocycles. The van der Waals surface area contributed by atoms with Gasteiger partial charge in [0.05, 0.1) is 22.4 Å². The van der Waals surface area contributed by atoms with E-state index in [0.717, 1.165) is 65.1 Å². The van der Waals surface area contributed by atoms with Crippen molar-refractivity contribution >= 4 is 0 Å². The van der Waals surface area contributed by atoms with E-state index in [4.69, 9.17) is 9.47 Å². The summed E-state index contributed by atoms with van der Waals surface area (Å²) in [5.74, 6) is 0. The zero-order valence-electron chi connectivity index (χ0n) is 15.8. The van der Waals surface area contributed by atoms with E-state index in [1.807, 2.05) is 0 Å². The number of rotatable bonds is 1. The molecule has 0 bridgehead atoms. The van der Waals surface area contributed by atoms with E-state index in [1.165, 1.54) is 6.07 Å². The molecule has 1 spiro atoms. The van der Waals surface area contributed by atoms with Crippen LogP contribution in [-0.2, 0) is 34.1 Å². The maximum Gasteiger partial charge on any atom is 0.417 e. The summed E-state index contributed by atoms with van der Waals surface area (Å²) in [5.41, 5.74) is 2.65. The average Bonchev–Trinajstić information content (AvgIpc) is 3.02. The quantitative estimate of drug-likeness (QED) is 0.535. The van der Waals surface area contributed by atoms with Gasteiger partial charge in [-0.3, -0.25) is 4.98 Å². The van der Waals surface area contributed by atoms with E-state index < -0.39 is 23.4 Å². The summed E-state index contributed by atoms with van der Waals surface area (Å²) in [7, 11) is 0. The zero-order valence-corrected chi connectivity index (χ0v) is 15.8. The Balaban J connectivity index is 1.64. The first kappa shape index (κ1) is 18.8. The Bertz CT molecular complexity index is 938. The Labute approximate surface area is 166 Å². The second-order valence-corrected chi connectivity index (χ2v) is 7.99. The van der Waals surface area contributed by atoms with Crippen LogP contribution in [0.4, 0.5) is 13.2 Å². The molecule has 2 aromatic heterocycles.